The van der Waals surface area contributed by atoms with E-state index in [1.54, 1.807) is 7.11 Å². The number of ether oxygens (including phenoxy) is 1. The summed E-state index contributed by atoms with van der Waals surface area (Å²) in [5.74, 6) is 1.68. The number of thiol groups is 1. The zero-order valence-corrected chi connectivity index (χ0v) is 10.7. The van der Waals surface area contributed by atoms with E-state index in [4.69, 9.17) is 4.74 Å². The Hall–Kier alpha value is -0.670. The Bertz CT molecular complexity index is 350. The van der Waals surface area contributed by atoms with E-state index in [0.29, 0.717) is 5.88 Å². The van der Waals surface area contributed by atoms with Gasteiger partial charge in [-0.05, 0) is 37.5 Å². The molecule has 0 heterocycles. The largest absolute Gasteiger partial charge is 0.496 e. The van der Waals surface area contributed by atoms with Gasteiger partial charge in [-0.15, -0.1) is 0 Å². The van der Waals surface area contributed by atoms with Crippen LogP contribution in [0.15, 0.2) is 6.07 Å². The second kappa shape index (κ2) is 5.42. The summed E-state index contributed by atoms with van der Waals surface area (Å²) in [6, 6.07) is 2.20. The van der Waals surface area contributed by atoms with E-state index < -0.39 is 0 Å². The van der Waals surface area contributed by atoms with Crippen molar-refractivity contribution < 1.29 is 4.74 Å². The topological polar surface area (TPSA) is 21.3 Å². The SMILES string of the molecule is COc1c(C)c(C)cc(C)c1CNCS. The molecule has 2 nitrogen and oxygen atoms in total. The number of aryl methyl sites for hydroxylation is 2. The molecular formula is C12H19NOS. The molecule has 1 N–H and O–H groups in total. The van der Waals surface area contributed by atoms with Crippen LogP contribution >= 0.6 is 12.6 Å². The van der Waals surface area contributed by atoms with Crippen molar-refractivity contribution in [2.75, 3.05) is 13.0 Å². The number of hydrogen-bond acceptors (Lipinski definition) is 3. The summed E-state index contributed by atoms with van der Waals surface area (Å²) in [6.07, 6.45) is 0. The first-order valence-electron chi connectivity index (χ1n) is 5.07. The van der Waals surface area contributed by atoms with Gasteiger partial charge in [-0.3, -0.25) is 0 Å². The summed E-state index contributed by atoms with van der Waals surface area (Å²) in [5, 5.41) is 3.21. The fourth-order valence-electron chi connectivity index (χ4n) is 1.78. The maximum atomic E-state index is 5.47. The molecule has 0 aliphatic heterocycles. The minimum atomic E-state index is 0.676. The highest BCUT2D eigenvalue weighted by Gasteiger charge is 2.11. The predicted octanol–water partition coefficient (Wildman–Crippen LogP) is 2.60. The van der Waals surface area contributed by atoms with Gasteiger partial charge in [0.05, 0.1) is 7.11 Å². The third-order valence-corrected chi connectivity index (χ3v) is 2.96. The molecule has 1 rings (SSSR count). The molecule has 15 heavy (non-hydrogen) atoms. The van der Waals surface area contributed by atoms with E-state index in [2.05, 4.69) is 44.8 Å². The van der Waals surface area contributed by atoms with E-state index in [1.165, 1.54) is 22.3 Å². The highest BCUT2D eigenvalue weighted by atomic mass is 32.1. The van der Waals surface area contributed by atoms with Crippen LogP contribution in [0.1, 0.15) is 22.3 Å². The van der Waals surface area contributed by atoms with Crippen LogP contribution in [-0.2, 0) is 6.54 Å². The molecule has 0 saturated heterocycles. The van der Waals surface area contributed by atoms with E-state index in [9.17, 15) is 0 Å². The Balaban J connectivity index is 3.16. The molecule has 0 atom stereocenters. The van der Waals surface area contributed by atoms with E-state index in [0.717, 1.165) is 12.3 Å². The summed E-state index contributed by atoms with van der Waals surface area (Å²) in [5.41, 5.74) is 5.00. The van der Waals surface area contributed by atoms with Gasteiger partial charge in [-0.2, -0.15) is 12.6 Å². The second-order valence-electron chi connectivity index (χ2n) is 3.73. The molecule has 0 unspecified atom stereocenters. The number of benzene rings is 1. The smallest absolute Gasteiger partial charge is 0.126 e. The van der Waals surface area contributed by atoms with Gasteiger partial charge >= 0.3 is 0 Å². The van der Waals surface area contributed by atoms with Crippen molar-refractivity contribution in [3.8, 4) is 5.75 Å². The number of methoxy groups -OCH3 is 1. The van der Waals surface area contributed by atoms with Gasteiger partial charge in [0.1, 0.15) is 5.75 Å². The van der Waals surface area contributed by atoms with Crippen molar-refractivity contribution in [1.82, 2.24) is 5.32 Å². The van der Waals surface area contributed by atoms with Crippen LogP contribution in [-0.4, -0.2) is 13.0 Å². The molecule has 0 amide bonds. The molecule has 0 aliphatic rings. The first-order valence-corrected chi connectivity index (χ1v) is 5.70. The Morgan fingerprint density at radius 3 is 2.47 bits per heavy atom. The molecule has 0 radical (unpaired) electrons. The molecule has 0 fully saturated rings. The quantitative estimate of drug-likeness (QED) is 0.607. The highest BCUT2D eigenvalue weighted by Crippen LogP contribution is 2.29. The lowest BCUT2D eigenvalue weighted by atomic mass is 9.99. The molecule has 1 aromatic carbocycles. The number of hydrogen-bond donors (Lipinski definition) is 2. The van der Waals surface area contributed by atoms with Crippen molar-refractivity contribution in [3.05, 3.63) is 28.3 Å². The lowest BCUT2D eigenvalue weighted by molar-refractivity contribution is 0.404. The van der Waals surface area contributed by atoms with Gasteiger partial charge in [0, 0.05) is 18.0 Å². The van der Waals surface area contributed by atoms with Crippen molar-refractivity contribution in [2.24, 2.45) is 0 Å². The Kier molecular flexibility index (Phi) is 4.48. The lowest BCUT2D eigenvalue weighted by Gasteiger charge is -2.16. The van der Waals surface area contributed by atoms with Crippen molar-refractivity contribution >= 4 is 12.6 Å². The molecule has 84 valence electrons. The van der Waals surface area contributed by atoms with Gasteiger partial charge in [-0.1, -0.05) is 6.07 Å². The van der Waals surface area contributed by atoms with Crippen LogP contribution in [0.3, 0.4) is 0 Å². The monoisotopic (exact) mass is 225 g/mol. The first-order chi connectivity index (χ1) is 7.11. The predicted molar refractivity (Wildman–Crippen MR) is 67.9 cm³/mol. The van der Waals surface area contributed by atoms with E-state index in [1.807, 2.05) is 0 Å². The average Bonchev–Trinajstić information content (AvgIpc) is 2.21. The van der Waals surface area contributed by atoms with E-state index >= 15 is 0 Å². The van der Waals surface area contributed by atoms with Crippen LogP contribution in [0.5, 0.6) is 5.75 Å². The normalized spacial score (nSPS) is 10.5. The van der Waals surface area contributed by atoms with Crippen LogP contribution < -0.4 is 10.1 Å². The molecule has 0 aliphatic carbocycles. The maximum absolute atomic E-state index is 5.47. The molecule has 0 aromatic heterocycles. The Labute approximate surface area is 97.4 Å². The molecule has 3 heteroatoms. The third-order valence-electron chi connectivity index (χ3n) is 2.73. The van der Waals surface area contributed by atoms with Crippen molar-refractivity contribution in [3.63, 3.8) is 0 Å². The summed E-state index contributed by atoms with van der Waals surface area (Å²) in [7, 11) is 1.73. The molecule has 0 bridgehead atoms. The zero-order chi connectivity index (χ0) is 11.4. The molecule has 1 aromatic rings. The van der Waals surface area contributed by atoms with Crippen LogP contribution in [0.4, 0.5) is 0 Å². The highest BCUT2D eigenvalue weighted by molar-refractivity contribution is 7.80. The standard InChI is InChI=1S/C12H19NOS/c1-8-5-9(2)11(6-13-7-15)12(14-4)10(8)3/h5,13,15H,6-7H2,1-4H3. The summed E-state index contributed by atoms with van der Waals surface area (Å²) >= 11 is 4.14. The number of rotatable bonds is 4. The van der Waals surface area contributed by atoms with Gasteiger partial charge in [0.25, 0.3) is 0 Å². The minimum Gasteiger partial charge on any atom is -0.496 e. The van der Waals surface area contributed by atoms with Crippen molar-refractivity contribution in [1.29, 1.82) is 0 Å². The molecular weight excluding hydrogens is 206 g/mol. The Morgan fingerprint density at radius 1 is 1.27 bits per heavy atom. The number of nitrogens with one attached hydrogen (secondary N) is 1. The summed E-state index contributed by atoms with van der Waals surface area (Å²) in [4.78, 5) is 0. The molecule has 0 spiro atoms. The van der Waals surface area contributed by atoms with E-state index in [-0.39, 0.29) is 0 Å². The van der Waals surface area contributed by atoms with Crippen LogP contribution in [0.2, 0.25) is 0 Å². The average molecular weight is 225 g/mol. The zero-order valence-electron chi connectivity index (χ0n) is 9.85. The van der Waals surface area contributed by atoms with Crippen LogP contribution in [0, 0.1) is 20.8 Å². The van der Waals surface area contributed by atoms with Crippen molar-refractivity contribution in [2.45, 2.75) is 27.3 Å². The fourth-order valence-corrected chi connectivity index (χ4v) is 1.89. The molecule has 0 saturated carbocycles. The fraction of sp³-hybridized carbons (Fsp3) is 0.500. The summed E-state index contributed by atoms with van der Waals surface area (Å²) < 4.78 is 5.47. The van der Waals surface area contributed by atoms with Gasteiger partial charge in [0.15, 0.2) is 0 Å². The van der Waals surface area contributed by atoms with Gasteiger partial charge in [0.2, 0.25) is 0 Å². The Morgan fingerprint density at radius 2 is 1.93 bits per heavy atom. The van der Waals surface area contributed by atoms with Gasteiger partial charge in [-0.25, -0.2) is 0 Å². The summed E-state index contributed by atoms with van der Waals surface area (Å²) in [6.45, 7) is 7.13. The first kappa shape index (κ1) is 12.4. The maximum Gasteiger partial charge on any atom is 0.126 e. The minimum absolute atomic E-state index is 0.676. The third kappa shape index (κ3) is 2.67. The lowest BCUT2D eigenvalue weighted by Crippen LogP contribution is -2.13. The van der Waals surface area contributed by atoms with Gasteiger partial charge < -0.3 is 10.1 Å². The second-order valence-corrected chi connectivity index (χ2v) is 4.05. The van der Waals surface area contributed by atoms with Crippen LogP contribution in [0.25, 0.3) is 0 Å².